The first kappa shape index (κ1) is 15.0. The van der Waals surface area contributed by atoms with Gasteiger partial charge in [-0.1, -0.05) is 6.07 Å². The van der Waals surface area contributed by atoms with Crippen LogP contribution in [0, 0.1) is 0 Å². The second-order valence-corrected chi connectivity index (χ2v) is 3.62. The first-order valence-electron chi connectivity index (χ1n) is 5.35. The lowest BCUT2D eigenvalue weighted by atomic mass is 9.97. The molecule has 0 unspecified atom stereocenters. The van der Waals surface area contributed by atoms with Crippen molar-refractivity contribution in [3.63, 3.8) is 0 Å². The minimum Gasteiger partial charge on any atom is -0.481 e. The average Bonchev–Trinajstić information content (AvgIpc) is 2.27. The number of aliphatic carboxylic acids is 1. The number of hydrogen-bond donors (Lipinski definition) is 1. The molecule has 0 aliphatic rings. The third-order valence-electron chi connectivity index (χ3n) is 2.30. The molecule has 0 fully saturated rings. The molecule has 0 atom stereocenters. The molecule has 0 saturated carbocycles. The zero-order chi connectivity index (χ0) is 14.6. The highest BCUT2D eigenvalue weighted by molar-refractivity contribution is 5.93. The van der Waals surface area contributed by atoms with Crippen LogP contribution in [0.2, 0.25) is 0 Å². The monoisotopic (exact) mass is 276 g/mol. The Morgan fingerprint density at radius 1 is 1.32 bits per heavy atom. The van der Waals surface area contributed by atoms with Crippen molar-refractivity contribution < 1.29 is 32.6 Å². The van der Waals surface area contributed by atoms with Gasteiger partial charge < -0.3 is 9.84 Å². The van der Waals surface area contributed by atoms with E-state index in [-0.39, 0.29) is 12.2 Å². The lowest BCUT2D eigenvalue weighted by Gasteiger charge is -2.14. The zero-order valence-electron chi connectivity index (χ0n) is 9.95. The molecule has 0 saturated heterocycles. The summed E-state index contributed by atoms with van der Waals surface area (Å²) in [6.45, 7) is 1.49. The molecule has 0 amide bonds. The third-order valence-corrected chi connectivity index (χ3v) is 2.30. The van der Waals surface area contributed by atoms with Crippen LogP contribution in [0.15, 0.2) is 18.2 Å². The maximum Gasteiger partial charge on any atom is 0.416 e. The summed E-state index contributed by atoms with van der Waals surface area (Å²) in [5.41, 5.74) is -2.10. The number of hydrogen-bond acceptors (Lipinski definition) is 3. The molecule has 0 aliphatic carbocycles. The number of halogens is 3. The Bertz CT molecular complexity index is 494. The largest absolute Gasteiger partial charge is 0.481 e. The Morgan fingerprint density at radius 3 is 2.42 bits per heavy atom. The molecule has 7 heteroatoms. The highest BCUT2D eigenvalue weighted by Gasteiger charge is 2.35. The van der Waals surface area contributed by atoms with Gasteiger partial charge in [0.05, 0.1) is 24.2 Å². The van der Waals surface area contributed by atoms with Gasteiger partial charge in [0.15, 0.2) is 0 Å². The van der Waals surface area contributed by atoms with Gasteiger partial charge in [0, 0.05) is 0 Å². The van der Waals surface area contributed by atoms with E-state index in [1.54, 1.807) is 0 Å². The number of carbonyl (C=O) groups excluding carboxylic acids is 1. The molecule has 1 aromatic rings. The predicted molar refractivity (Wildman–Crippen MR) is 58.7 cm³/mol. The number of carboxylic acids is 1. The lowest BCUT2D eigenvalue weighted by molar-refractivity contribution is -0.139. The Morgan fingerprint density at radius 2 is 1.95 bits per heavy atom. The van der Waals surface area contributed by atoms with Crippen molar-refractivity contribution in [1.82, 2.24) is 0 Å². The van der Waals surface area contributed by atoms with E-state index in [2.05, 4.69) is 4.74 Å². The van der Waals surface area contributed by atoms with E-state index in [0.717, 1.165) is 18.2 Å². The quantitative estimate of drug-likeness (QED) is 0.858. The number of carboxylic acid groups (broad SMARTS) is 1. The van der Waals surface area contributed by atoms with Crippen LogP contribution < -0.4 is 0 Å². The molecule has 104 valence electrons. The maximum absolute atomic E-state index is 12.8. The Kier molecular flexibility index (Phi) is 4.52. The van der Waals surface area contributed by atoms with Crippen LogP contribution in [0.1, 0.15) is 28.4 Å². The van der Waals surface area contributed by atoms with E-state index in [9.17, 15) is 22.8 Å². The molecule has 1 N–H and O–H groups in total. The first-order valence-corrected chi connectivity index (χ1v) is 5.35. The van der Waals surface area contributed by atoms with Gasteiger partial charge in [-0.2, -0.15) is 13.2 Å². The van der Waals surface area contributed by atoms with Crippen LogP contribution in [0.25, 0.3) is 0 Å². The average molecular weight is 276 g/mol. The second kappa shape index (κ2) is 5.73. The van der Waals surface area contributed by atoms with Gasteiger partial charge in [-0.05, 0) is 24.6 Å². The van der Waals surface area contributed by atoms with E-state index in [4.69, 9.17) is 5.11 Å². The predicted octanol–water partition coefficient (Wildman–Crippen LogP) is 2.51. The summed E-state index contributed by atoms with van der Waals surface area (Å²) in [4.78, 5) is 22.2. The van der Waals surface area contributed by atoms with E-state index in [1.807, 2.05) is 0 Å². The fourth-order valence-electron chi connectivity index (χ4n) is 1.59. The molecule has 1 rings (SSSR count). The van der Waals surface area contributed by atoms with Crippen molar-refractivity contribution in [2.45, 2.75) is 19.5 Å². The van der Waals surface area contributed by atoms with E-state index < -0.39 is 35.7 Å². The van der Waals surface area contributed by atoms with Crippen molar-refractivity contribution in [2.75, 3.05) is 6.61 Å². The Labute approximate surface area is 106 Å². The van der Waals surface area contributed by atoms with Crippen molar-refractivity contribution in [3.05, 3.63) is 34.9 Å². The molecule has 4 nitrogen and oxygen atoms in total. The van der Waals surface area contributed by atoms with Gasteiger partial charge in [0.1, 0.15) is 0 Å². The Hall–Kier alpha value is -2.05. The van der Waals surface area contributed by atoms with Crippen molar-refractivity contribution in [3.8, 4) is 0 Å². The van der Waals surface area contributed by atoms with Gasteiger partial charge in [-0.3, -0.25) is 4.79 Å². The molecule has 0 bridgehead atoms. The second-order valence-electron chi connectivity index (χ2n) is 3.62. The van der Waals surface area contributed by atoms with Gasteiger partial charge in [-0.25, -0.2) is 4.79 Å². The number of alkyl halides is 3. The SMILES string of the molecule is CCOC(=O)c1cccc(C(F)(F)F)c1CC(=O)O. The van der Waals surface area contributed by atoms with E-state index in [1.165, 1.54) is 6.92 Å². The molecule has 0 aliphatic heterocycles. The maximum atomic E-state index is 12.8. The molecule has 0 radical (unpaired) electrons. The van der Waals surface area contributed by atoms with Crippen LogP contribution in [0.5, 0.6) is 0 Å². The van der Waals surface area contributed by atoms with Gasteiger partial charge in [-0.15, -0.1) is 0 Å². The Balaban J connectivity index is 3.38. The minimum absolute atomic E-state index is 0.0123. The molecule has 0 heterocycles. The van der Waals surface area contributed by atoms with Crippen LogP contribution in [-0.4, -0.2) is 23.7 Å². The molecular weight excluding hydrogens is 265 g/mol. The first-order chi connectivity index (χ1) is 8.77. The topological polar surface area (TPSA) is 63.6 Å². The molecular formula is C12H11F3O4. The smallest absolute Gasteiger partial charge is 0.416 e. The summed E-state index contributed by atoms with van der Waals surface area (Å²) < 4.78 is 43.0. The fraction of sp³-hybridized carbons (Fsp3) is 0.333. The standard InChI is InChI=1S/C12H11F3O4/c1-2-19-11(18)7-4-3-5-9(12(13,14)15)8(7)6-10(16)17/h3-5H,2,6H2,1H3,(H,16,17). The summed E-state index contributed by atoms with van der Waals surface area (Å²) in [7, 11) is 0. The van der Waals surface area contributed by atoms with Crippen LogP contribution >= 0.6 is 0 Å². The minimum atomic E-state index is -4.73. The lowest BCUT2D eigenvalue weighted by Crippen LogP contribution is -2.17. The zero-order valence-corrected chi connectivity index (χ0v) is 9.95. The van der Waals surface area contributed by atoms with Crippen molar-refractivity contribution >= 4 is 11.9 Å². The van der Waals surface area contributed by atoms with Crippen molar-refractivity contribution in [2.24, 2.45) is 0 Å². The van der Waals surface area contributed by atoms with Crippen LogP contribution in [-0.2, 0) is 22.1 Å². The van der Waals surface area contributed by atoms with E-state index >= 15 is 0 Å². The summed E-state index contributed by atoms with van der Waals surface area (Å²) in [6.07, 6.45) is -5.63. The highest BCUT2D eigenvalue weighted by Crippen LogP contribution is 2.33. The molecule has 1 aromatic carbocycles. The van der Waals surface area contributed by atoms with Crippen molar-refractivity contribution in [1.29, 1.82) is 0 Å². The van der Waals surface area contributed by atoms with Crippen LogP contribution in [0.3, 0.4) is 0 Å². The number of benzene rings is 1. The summed E-state index contributed by atoms with van der Waals surface area (Å²) in [5.74, 6) is -2.42. The summed E-state index contributed by atoms with van der Waals surface area (Å²) >= 11 is 0. The van der Waals surface area contributed by atoms with Gasteiger partial charge in [0.25, 0.3) is 0 Å². The number of rotatable bonds is 4. The molecule has 0 aromatic heterocycles. The van der Waals surface area contributed by atoms with Gasteiger partial charge in [0.2, 0.25) is 0 Å². The van der Waals surface area contributed by atoms with E-state index in [0.29, 0.717) is 0 Å². The van der Waals surface area contributed by atoms with Crippen LogP contribution in [0.4, 0.5) is 13.2 Å². The van der Waals surface area contributed by atoms with Gasteiger partial charge >= 0.3 is 18.1 Å². The number of esters is 1. The third kappa shape index (κ3) is 3.70. The molecule has 19 heavy (non-hydrogen) atoms. The highest BCUT2D eigenvalue weighted by atomic mass is 19.4. The summed E-state index contributed by atoms with van der Waals surface area (Å²) in [5, 5.41) is 8.67. The molecule has 0 spiro atoms. The number of carbonyl (C=O) groups is 2. The fourth-order valence-corrected chi connectivity index (χ4v) is 1.59. The number of ether oxygens (including phenoxy) is 1. The normalized spacial score (nSPS) is 11.2. The summed E-state index contributed by atoms with van der Waals surface area (Å²) in [6, 6.07) is 2.90.